The minimum absolute atomic E-state index is 0.0990. The zero-order chi connectivity index (χ0) is 17.9. The van der Waals surface area contributed by atoms with Crippen molar-refractivity contribution < 1.29 is 18.0 Å². The molecule has 0 aliphatic rings. The molecule has 8 heteroatoms. The Labute approximate surface area is 137 Å². The Bertz CT molecular complexity index is 683. The zero-order valence-electron chi connectivity index (χ0n) is 13.6. The molecule has 0 bridgehead atoms. The normalized spacial score (nSPS) is 14.5. The molecule has 1 aromatic carbocycles. The molecule has 0 saturated heterocycles. The predicted molar refractivity (Wildman–Crippen MR) is 81.8 cm³/mol. The smallest absolute Gasteiger partial charge is 0.342 e. The van der Waals surface area contributed by atoms with Crippen molar-refractivity contribution in [2.24, 2.45) is 11.8 Å². The number of nitrogens with zero attached hydrogens (tertiary/aromatic N) is 2. The van der Waals surface area contributed by atoms with Gasteiger partial charge >= 0.3 is 6.18 Å². The van der Waals surface area contributed by atoms with Gasteiger partial charge in [-0.25, -0.2) is 4.98 Å². The lowest BCUT2D eigenvalue weighted by atomic mass is 9.96. The maximum Gasteiger partial charge on any atom is 0.416 e. The first-order chi connectivity index (χ1) is 11.2. The van der Waals surface area contributed by atoms with Gasteiger partial charge in [0.05, 0.1) is 5.56 Å². The molecule has 2 rings (SSSR count). The lowest BCUT2D eigenvalue weighted by Crippen LogP contribution is -2.36. The van der Waals surface area contributed by atoms with Gasteiger partial charge in [-0.3, -0.25) is 9.89 Å². The molecular formula is C16H19F3N4O. The number of H-pyrrole nitrogens is 1. The molecule has 2 N–H and O–H groups in total. The largest absolute Gasteiger partial charge is 0.416 e. The summed E-state index contributed by atoms with van der Waals surface area (Å²) in [5.41, 5.74) is -0.499. The molecule has 130 valence electrons. The van der Waals surface area contributed by atoms with Crippen molar-refractivity contribution in [1.82, 2.24) is 20.5 Å². The van der Waals surface area contributed by atoms with Crippen molar-refractivity contribution in [2.75, 3.05) is 0 Å². The number of halogens is 3. The highest BCUT2D eigenvalue weighted by atomic mass is 19.4. The molecule has 1 heterocycles. The maximum atomic E-state index is 12.9. The molecule has 24 heavy (non-hydrogen) atoms. The van der Waals surface area contributed by atoms with Crippen LogP contribution in [0, 0.1) is 11.8 Å². The quantitative estimate of drug-likeness (QED) is 0.877. The number of hydrogen-bond acceptors (Lipinski definition) is 3. The molecule has 0 spiro atoms. The number of hydrogen-bond donors (Lipinski definition) is 2. The number of benzene rings is 1. The summed E-state index contributed by atoms with van der Waals surface area (Å²) in [4.78, 5) is 16.3. The molecular weight excluding hydrogens is 321 g/mol. The van der Waals surface area contributed by atoms with E-state index in [1.807, 2.05) is 13.8 Å². The van der Waals surface area contributed by atoms with Crippen LogP contribution in [0.25, 0.3) is 0 Å². The molecule has 1 amide bonds. The van der Waals surface area contributed by atoms with Crippen molar-refractivity contribution in [3.63, 3.8) is 0 Å². The zero-order valence-corrected chi connectivity index (χ0v) is 13.6. The van der Waals surface area contributed by atoms with Gasteiger partial charge in [-0.15, -0.1) is 0 Å². The fourth-order valence-electron chi connectivity index (χ4n) is 2.13. The third-order valence-corrected chi connectivity index (χ3v) is 3.95. The van der Waals surface area contributed by atoms with E-state index in [9.17, 15) is 18.0 Å². The monoisotopic (exact) mass is 340 g/mol. The summed E-state index contributed by atoms with van der Waals surface area (Å²) in [5, 5.41) is 9.08. The van der Waals surface area contributed by atoms with Crippen LogP contribution in [0.5, 0.6) is 0 Å². The molecule has 1 aromatic heterocycles. The molecule has 0 saturated carbocycles. The SMILES string of the molecule is CC(C)[C@@H](C)C(=O)N[C@@H](c1cccc(C(F)(F)F)c1)c1ncn[nH]1. The van der Waals surface area contributed by atoms with Crippen LogP contribution >= 0.6 is 0 Å². The van der Waals surface area contributed by atoms with Gasteiger partial charge < -0.3 is 5.32 Å². The Morgan fingerprint density at radius 2 is 1.96 bits per heavy atom. The van der Waals surface area contributed by atoms with E-state index < -0.39 is 17.8 Å². The molecule has 0 fully saturated rings. The molecule has 0 aliphatic carbocycles. The Kier molecular flexibility index (Phi) is 5.26. The van der Waals surface area contributed by atoms with Crippen LogP contribution in [0.15, 0.2) is 30.6 Å². The number of carbonyl (C=O) groups is 1. The molecule has 2 aromatic rings. The molecule has 2 atom stereocenters. The van der Waals surface area contributed by atoms with Gasteiger partial charge in [0.1, 0.15) is 12.4 Å². The van der Waals surface area contributed by atoms with Crippen LogP contribution in [-0.2, 0) is 11.0 Å². The lowest BCUT2D eigenvalue weighted by Gasteiger charge is -2.22. The molecule has 5 nitrogen and oxygen atoms in total. The summed E-state index contributed by atoms with van der Waals surface area (Å²) in [6, 6.07) is 3.98. The summed E-state index contributed by atoms with van der Waals surface area (Å²) in [5.74, 6) is -0.175. The number of aromatic nitrogens is 3. The second-order valence-electron chi connectivity index (χ2n) is 5.97. The number of amides is 1. The predicted octanol–water partition coefficient (Wildman–Crippen LogP) is 3.32. The highest BCUT2D eigenvalue weighted by Gasteiger charge is 2.32. The third kappa shape index (κ3) is 4.12. The number of rotatable bonds is 5. The minimum atomic E-state index is -4.46. The Morgan fingerprint density at radius 3 is 2.50 bits per heavy atom. The first-order valence-electron chi connectivity index (χ1n) is 7.53. The van der Waals surface area contributed by atoms with Gasteiger partial charge in [-0.05, 0) is 23.6 Å². The van der Waals surface area contributed by atoms with Crippen LogP contribution in [0.1, 0.15) is 43.8 Å². The van der Waals surface area contributed by atoms with Crippen LogP contribution in [0.3, 0.4) is 0 Å². The minimum Gasteiger partial charge on any atom is -0.342 e. The van der Waals surface area contributed by atoms with Crippen LogP contribution in [0.4, 0.5) is 13.2 Å². The summed E-state index contributed by atoms with van der Waals surface area (Å²) in [6.45, 7) is 5.57. The second kappa shape index (κ2) is 7.02. The average molecular weight is 340 g/mol. The van der Waals surface area contributed by atoms with Crippen molar-refractivity contribution in [3.8, 4) is 0 Å². The van der Waals surface area contributed by atoms with Crippen molar-refractivity contribution >= 4 is 5.91 Å². The molecule has 0 radical (unpaired) electrons. The lowest BCUT2D eigenvalue weighted by molar-refractivity contribution is -0.137. The van der Waals surface area contributed by atoms with Gasteiger partial charge in [-0.2, -0.15) is 18.3 Å². The van der Waals surface area contributed by atoms with Crippen molar-refractivity contribution in [1.29, 1.82) is 0 Å². The Hall–Kier alpha value is -2.38. The topological polar surface area (TPSA) is 70.7 Å². The number of aromatic amines is 1. The summed E-state index contributed by atoms with van der Waals surface area (Å²) in [7, 11) is 0. The van der Waals surface area contributed by atoms with E-state index in [1.54, 1.807) is 6.92 Å². The van der Waals surface area contributed by atoms with E-state index in [4.69, 9.17) is 0 Å². The van der Waals surface area contributed by atoms with Gasteiger partial charge in [0.25, 0.3) is 0 Å². The first-order valence-corrected chi connectivity index (χ1v) is 7.53. The average Bonchev–Trinajstić information content (AvgIpc) is 3.04. The van der Waals surface area contributed by atoms with Crippen molar-refractivity contribution in [2.45, 2.75) is 33.0 Å². The summed E-state index contributed by atoms with van der Waals surface area (Å²) in [6.07, 6.45) is -3.22. The third-order valence-electron chi connectivity index (χ3n) is 3.95. The number of carbonyl (C=O) groups excluding carboxylic acids is 1. The van der Waals surface area contributed by atoms with Gasteiger partial charge in [0, 0.05) is 5.92 Å². The van der Waals surface area contributed by atoms with Crippen LogP contribution in [-0.4, -0.2) is 21.1 Å². The standard InChI is InChI=1S/C16H19F3N4O/c1-9(2)10(3)15(24)22-13(14-20-8-21-23-14)11-5-4-6-12(7-11)16(17,18)19/h4-10,13H,1-3H3,(H,22,24)(H,20,21,23)/t10-,13+/m1/s1. The van der Waals surface area contributed by atoms with Crippen LogP contribution < -0.4 is 5.32 Å². The van der Waals surface area contributed by atoms with E-state index in [1.165, 1.54) is 18.5 Å². The van der Waals surface area contributed by atoms with Crippen LogP contribution in [0.2, 0.25) is 0 Å². The van der Waals surface area contributed by atoms with Gasteiger partial charge in [0.2, 0.25) is 5.91 Å². The Balaban J connectivity index is 2.36. The molecule has 0 unspecified atom stereocenters. The Morgan fingerprint density at radius 1 is 1.25 bits per heavy atom. The van der Waals surface area contributed by atoms with E-state index in [2.05, 4.69) is 20.5 Å². The van der Waals surface area contributed by atoms with Gasteiger partial charge in [-0.1, -0.05) is 32.9 Å². The summed E-state index contributed by atoms with van der Waals surface area (Å²) < 4.78 is 38.8. The maximum absolute atomic E-state index is 12.9. The van der Waals surface area contributed by atoms with Crippen molar-refractivity contribution in [3.05, 3.63) is 47.5 Å². The van der Waals surface area contributed by atoms with Gasteiger partial charge in [0.15, 0.2) is 5.82 Å². The highest BCUT2D eigenvalue weighted by molar-refractivity contribution is 5.79. The first kappa shape index (κ1) is 18.0. The van der Waals surface area contributed by atoms with E-state index in [-0.39, 0.29) is 29.1 Å². The van der Waals surface area contributed by atoms with E-state index >= 15 is 0 Å². The van der Waals surface area contributed by atoms with E-state index in [0.29, 0.717) is 0 Å². The number of nitrogens with one attached hydrogen (secondary N) is 2. The number of alkyl halides is 3. The molecule has 0 aliphatic heterocycles. The highest BCUT2D eigenvalue weighted by Crippen LogP contribution is 2.31. The fourth-order valence-corrected chi connectivity index (χ4v) is 2.13. The second-order valence-corrected chi connectivity index (χ2v) is 5.97. The van der Waals surface area contributed by atoms with E-state index in [0.717, 1.165) is 12.1 Å². The summed E-state index contributed by atoms with van der Waals surface area (Å²) >= 11 is 0. The fraction of sp³-hybridized carbons (Fsp3) is 0.438.